The highest BCUT2D eigenvalue weighted by molar-refractivity contribution is 6.30. The van der Waals surface area contributed by atoms with E-state index in [0.717, 1.165) is 0 Å². The van der Waals surface area contributed by atoms with Crippen molar-refractivity contribution in [3.63, 3.8) is 0 Å². The van der Waals surface area contributed by atoms with E-state index in [-0.39, 0.29) is 12.0 Å². The molecule has 1 N–H and O–H groups in total. The summed E-state index contributed by atoms with van der Waals surface area (Å²) in [6.07, 6.45) is 0.0856. The Hall–Kier alpha value is -2.25. The average molecular weight is 275 g/mol. The molecular formula is C14H11ClN2O2. The van der Waals surface area contributed by atoms with Gasteiger partial charge in [-0.05, 0) is 24.3 Å². The number of aromatic amines is 1. The highest BCUT2D eigenvalue weighted by Gasteiger charge is 2.09. The third kappa shape index (κ3) is 2.78. The summed E-state index contributed by atoms with van der Waals surface area (Å²) < 4.78 is 5.24. The summed E-state index contributed by atoms with van der Waals surface area (Å²) >= 11 is 5.95. The van der Waals surface area contributed by atoms with E-state index in [4.69, 9.17) is 21.6 Å². The van der Waals surface area contributed by atoms with E-state index in [1.165, 1.54) is 0 Å². The van der Waals surface area contributed by atoms with Gasteiger partial charge in [-0.3, -0.25) is 4.79 Å². The Morgan fingerprint density at radius 2 is 2.16 bits per heavy atom. The first-order valence-corrected chi connectivity index (χ1v) is 5.96. The molecule has 0 fully saturated rings. The van der Waals surface area contributed by atoms with E-state index < -0.39 is 0 Å². The van der Waals surface area contributed by atoms with Gasteiger partial charge in [0.15, 0.2) is 0 Å². The molecule has 5 heteroatoms. The molecule has 0 aliphatic carbocycles. The minimum atomic E-state index is -0.277. The van der Waals surface area contributed by atoms with Crippen LogP contribution in [0.15, 0.2) is 35.1 Å². The summed E-state index contributed by atoms with van der Waals surface area (Å²) in [7, 11) is 1.55. The summed E-state index contributed by atoms with van der Waals surface area (Å²) in [5.74, 6) is 0.619. The summed E-state index contributed by atoms with van der Waals surface area (Å²) in [6, 6.07) is 10.5. The standard InChI is InChI=1S/C14H11ClN2O2/c1-19-13-5-3-10(15)8-11(13)12-4-2-9(6-7-16)14(18)17-12/h2-5,8H,6H2,1H3,(H,17,18). The first kappa shape index (κ1) is 13.2. The van der Waals surface area contributed by atoms with Gasteiger partial charge < -0.3 is 9.72 Å². The zero-order chi connectivity index (χ0) is 13.8. The smallest absolute Gasteiger partial charge is 0.252 e. The van der Waals surface area contributed by atoms with Crippen molar-refractivity contribution >= 4 is 11.6 Å². The second-order valence-electron chi connectivity index (χ2n) is 3.91. The molecule has 1 heterocycles. The number of aromatic nitrogens is 1. The van der Waals surface area contributed by atoms with E-state index >= 15 is 0 Å². The number of H-pyrrole nitrogens is 1. The zero-order valence-electron chi connectivity index (χ0n) is 10.2. The number of hydrogen-bond donors (Lipinski definition) is 1. The lowest BCUT2D eigenvalue weighted by Gasteiger charge is -2.09. The lowest BCUT2D eigenvalue weighted by atomic mass is 10.1. The molecule has 0 bridgehead atoms. The van der Waals surface area contributed by atoms with Crippen LogP contribution in [-0.4, -0.2) is 12.1 Å². The number of methoxy groups -OCH3 is 1. The number of rotatable bonds is 3. The Balaban J connectivity index is 2.54. The Bertz CT molecular complexity index is 701. The number of benzene rings is 1. The van der Waals surface area contributed by atoms with Crippen LogP contribution in [0, 0.1) is 11.3 Å². The molecular weight excluding hydrogens is 264 g/mol. The Morgan fingerprint density at radius 3 is 2.79 bits per heavy atom. The van der Waals surface area contributed by atoms with Gasteiger partial charge >= 0.3 is 0 Å². The van der Waals surface area contributed by atoms with Gasteiger partial charge in [0.05, 0.1) is 25.3 Å². The quantitative estimate of drug-likeness (QED) is 0.936. The van der Waals surface area contributed by atoms with Gasteiger partial charge in [-0.2, -0.15) is 5.26 Å². The van der Waals surface area contributed by atoms with Gasteiger partial charge in [0.25, 0.3) is 5.56 Å². The van der Waals surface area contributed by atoms with Crippen molar-refractivity contribution < 1.29 is 4.74 Å². The summed E-state index contributed by atoms with van der Waals surface area (Å²) in [6.45, 7) is 0. The van der Waals surface area contributed by atoms with E-state index in [2.05, 4.69) is 4.98 Å². The minimum absolute atomic E-state index is 0.0856. The lowest BCUT2D eigenvalue weighted by Crippen LogP contribution is -2.12. The predicted octanol–water partition coefficient (Wildman–Crippen LogP) is 2.77. The molecule has 4 nitrogen and oxygen atoms in total. The van der Waals surface area contributed by atoms with E-state index in [9.17, 15) is 4.79 Å². The van der Waals surface area contributed by atoms with Crippen molar-refractivity contribution in [3.8, 4) is 23.1 Å². The van der Waals surface area contributed by atoms with E-state index in [0.29, 0.717) is 27.6 Å². The van der Waals surface area contributed by atoms with E-state index in [1.54, 1.807) is 37.4 Å². The molecule has 2 rings (SSSR count). The monoisotopic (exact) mass is 274 g/mol. The van der Waals surface area contributed by atoms with Gasteiger partial charge in [0, 0.05) is 16.1 Å². The number of ether oxygens (including phenoxy) is 1. The molecule has 1 aromatic carbocycles. The fourth-order valence-corrected chi connectivity index (χ4v) is 1.95. The Labute approximate surface area is 115 Å². The van der Waals surface area contributed by atoms with Gasteiger partial charge in [0.2, 0.25) is 0 Å². The molecule has 0 amide bonds. The van der Waals surface area contributed by atoms with E-state index in [1.807, 2.05) is 6.07 Å². The number of nitrogens with zero attached hydrogens (tertiary/aromatic N) is 1. The first-order chi connectivity index (χ1) is 9.15. The van der Waals surface area contributed by atoms with Crippen LogP contribution in [0.4, 0.5) is 0 Å². The maximum Gasteiger partial charge on any atom is 0.252 e. The molecule has 2 aromatic rings. The normalized spacial score (nSPS) is 9.95. The predicted molar refractivity (Wildman–Crippen MR) is 73.4 cm³/mol. The largest absolute Gasteiger partial charge is 0.496 e. The Kier molecular flexibility index (Phi) is 3.88. The molecule has 96 valence electrons. The van der Waals surface area contributed by atoms with Crippen LogP contribution in [0.2, 0.25) is 5.02 Å². The summed E-state index contributed by atoms with van der Waals surface area (Å²) in [4.78, 5) is 14.5. The van der Waals surface area contributed by atoms with Crippen molar-refractivity contribution in [2.45, 2.75) is 6.42 Å². The van der Waals surface area contributed by atoms with Gasteiger partial charge in [-0.1, -0.05) is 17.7 Å². The van der Waals surface area contributed by atoms with Gasteiger partial charge in [-0.25, -0.2) is 0 Å². The van der Waals surface area contributed by atoms with Crippen LogP contribution in [0.3, 0.4) is 0 Å². The van der Waals surface area contributed by atoms with Crippen LogP contribution in [0.1, 0.15) is 5.56 Å². The molecule has 0 spiro atoms. The fourth-order valence-electron chi connectivity index (χ4n) is 1.78. The van der Waals surface area contributed by atoms with Crippen molar-refractivity contribution in [3.05, 3.63) is 51.3 Å². The lowest BCUT2D eigenvalue weighted by molar-refractivity contribution is 0.416. The highest BCUT2D eigenvalue weighted by atomic mass is 35.5. The molecule has 0 unspecified atom stereocenters. The number of hydrogen-bond acceptors (Lipinski definition) is 3. The second-order valence-corrected chi connectivity index (χ2v) is 4.34. The molecule has 0 atom stereocenters. The number of nitrogens with one attached hydrogen (secondary N) is 1. The summed E-state index contributed by atoms with van der Waals surface area (Å²) in [5, 5.41) is 9.16. The van der Waals surface area contributed by atoms with Crippen molar-refractivity contribution in [2.24, 2.45) is 0 Å². The third-order valence-corrected chi connectivity index (χ3v) is 2.95. The molecule has 0 aliphatic rings. The van der Waals surface area contributed by atoms with Gasteiger partial charge in [-0.15, -0.1) is 0 Å². The third-order valence-electron chi connectivity index (χ3n) is 2.71. The van der Waals surface area contributed by atoms with Crippen molar-refractivity contribution in [1.29, 1.82) is 5.26 Å². The van der Waals surface area contributed by atoms with Gasteiger partial charge in [0.1, 0.15) is 5.75 Å². The van der Waals surface area contributed by atoms with Crippen LogP contribution < -0.4 is 10.3 Å². The zero-order valence-corrected chi connectivity index (χ0v) is 11.0. The fraction of sp³-hybridized carbons (Fsp3) is 0.143. The maximum atomic E-state index is 11.8. The molecule has 0 aliphatic heterocycles. The van der Waals surface area contributed by atoms with Crippen LogP contribution in [0.5, 0.6) is 5.75 Å². The molecule has 0 saturated heterocycles. The molecule has 1 aromatic heterocycles. The first-order valence-electron chi connectivity index (χ1n) is 5.58. The number of pyridine rings is 1. The SMILES string of the molecule is COc1ccc(Cl)cc1-c1ccc(CC#N)c(=O)[nH]1. The topological polar surface area (TPSA) is 65.9 Å². The minimum Gasteiger partial charge on any atom is -0.496 e. The number of nitriles is 1. The average Bonchev–Trinajstić information content (AvgIpc) is 2.41. The molecule has 19 heavy (non-hydrogen) atoms. The van der Waals surface area contributed by atoms with Crippen LogP contribution in [-0.2, 0) is 6.42 Å². The Morgan fingerprint density at radius 1 is 1.37 bits per heavy atom. The van der Waals surface area contributed by atoms with Crippen molar-refractivity contribution in [1.82, 2.24) is 4.98 Å². The van der Waals surface area contributed by atoms with Crippen LogP contribution in [0.25, 0.3) is 11.3 Å². The molecule has 0 radical (unpaired) electrons. The maximum absolute atomic E-state index is 11.8. The number of halogens is 1. The van der Waals surface area contributed by atoms with Crippen LogP contribution >= 0.6 is 11.6 Å². The highest BCUT2D eigenvalue weighted by Crippen LogP contribution is 2.30. The molecule has 0 saturated carbocycles. The summed E-state index contributed by atoms with van der Waals surface area (Å²) in [5.41, 5.74) is 1.47. The van der Waals surface area contributed by atoms with Crippen molar-refractivity contribution in [2.75, 3.05) is 7.11 Å². The second kappa shape index (κ2) is 5.59.